The summed E-state index contributed by atoms with van der Waals surface area (Å²) in [6, 6.07) is 1.81. The van der Waals surface area contributed by atoms with E-state index in [1.807, 2.05) is 0 Å². The largest absolute Gasteiger partial charge is 0.444 e. The van der Waals surface area contributed by atoms with Crippen molar-refractivity contribution in [1.29, 1.82) is 0 Å². The van der Waals surface area contributed by atoms with Gasteiger partial charge in [-0.3, -0.25) is 14.9 Å². The maximum Gasteiger partial charge on any atom is 0.407 e. The van der Waals surface area contributed by atoms with Gasteiger partial charge in [-0.2, -0.15) is 0 Å². The van der Waals surface area contributed by atoms with Gasteiger partial charge in [0.1, 0.15) is 22.9 Å². The molecule has 0 unspecified atom stereocenters. The molecule has 0 radical (unpaired) electrons. The third kappa shape index (κ3) is 5.38. The lowest BCUT2D eigenvalue weighted by atomic mass is 10.0. The molecular weight excluding hydrogens is 357 g/mol. The van der Waals surface area contributed by atoms with Crippen molar-refractivity contribution in [3.8, 4) is 0 Å². The minimum atomic E-state index is -0.658. The zero-order valence-corrected chi connectivity index (χ0v) is 15.9. The Morgan fingerprint density at radius 1 is 1.41 bits per heavy atom. The monoisotopic (exact) mass is 381 g/mol. The molecule has 9 heteroatoms. The molecule has 1 fully saturated rings. The summed E-state index contributed by atoms with van der Waals surface area (Å²) in [5, 5.41) is 14.2. The summed E-state index contributed by atoms with van der Waals surface area (Å²) in [5.74, 6) is -0.951. The number of Topliss-reactive ketones (excluding diaryl/α,β-unsaturated/α-hetero) is 1. The van der Waals surface area contributed by atoms with Gasteiger partial charge >= 0.3 is 6.09 Å². The second-order valence-electron chi connectivity index (χ2n) is 7.61. The molecule has 0 bridgehead atoms. The molecule has 1 aliphatic rings. The van der Waals surface area contributed by atoms with Crippen LogP contribution in [0.1, 0.15) is 39.7 Å². The van der Waals surface area contributed by atoms with Crippen molar-refractivity contribution in [2.45, 2.75) is 52.2 Å². The zero-order valence-electron chi connectivity index (χ0n) is 15.9. The highest BCUT2D eigenvalue weighted by Crippen LogP contribution is 2.36. The van der Waals surface area contributed by atoms with E-state index in [-0.39, 0.29) is 41.7 Å². The van der Waals surface area contributed by atoms with Crippen LogP contribution < -0.4 is 10.2 Å². The number of nitro groups is 1. The fourth-order valence-corrected chi connectivity index (χ4v) is 3.07. The fourth-order valence-electron chi connectivity index (χ4n) is 3.07. The van der Waals surface area contributed by atoms with E-state index >= 15 is 0 Å². The first-order valence-electron chi connectivity index (χ1n) is 8.67. The van der Waals surface area contributed by atoms with Gasteiger partial charge in [-0.15, -0.1) is 0 Å². The molecule has 1 aromatic rings. The Bertz CT molecular complexity index is 760. The molecule has 0 aliphatic carbocycles. The molecule has 2 rings (SSSR count). The minimum absolute atomic E-state index is 0.00891. The summed E-state index contributed by atoms with van der Waals surface area (Å²) in [4.78, 5) is 35.9. The lowest BCUT2D eigenvalue weighted by Gasteiger charge is -2.23. The number of anilines is 1. The second-order valence-corrected chi connectivity index (χ2v) is 7.61. The highest BCUT2D eigenvalue weighted by molar-refractivity contribution is 5.82. The highest BCUT2D eigenvalue weighted by atomic mass is 19.1. The number of halogens is 1. The van der Waals surface area contributed by atoms with E-state index in [1.165, 1.54) is 6.92 Å². The van der Waals surface area contributed by atoms with E-state index in [2.05, 4.69) is 5.32 Å². The number of nitrogens with one attached hydrogen (secondary N) is 1. The predicted molar refractivity (Wildman–Crippen MR) is 97.4 cm³/mol. The van der Waals surface area contributed by atoms with Crippen molar-refractivity contribution < 1.29 is 23.6 Å². The van der Waals surface area contributed by atoms with Crippen molar-refractivity contribution in [3.05, 3.63) is 33.6 Å². The van der Waals surface area contributed by atoms with Gasteiger partial charge in [0.25, 0.3) is 5.69 Å². The third-order valence-electron chi connectivity index (χ3n) is 4.05. The van der Waals surface area contributed by atoms with Crippen LogP contribution in [0.2, 0.25) is 0 Å². The predicted octanol–water partition coefficient (Wildman–Crippen LogP) is 2.97. The molecule has 0 saturated carbocycles. The molecule has 8 nitrogen and oxygen atoms in total. The van der Waals surface area contributed by atoms with Gasteiger partial charge in [0, 0.05) is 31.1 Å². The van der Waals surface area contributed by atoms with E-state index in [4.69, 9.17) is 4.74 Å². The van der Waals surface area contributed by atoms with Crippen LogP contribution in [0.3, 0.4) is 0 Å². The molecule has 27 heavy (non-hydrogen) atoms. The Labute approximate surface area is 156 Å². The molecular formula is C18H24FN3O5. The number of alkyl carbamates (subject to hydrolysis) is 1. The first kappa shape index (κ1) is 20.6. The molecule has 1 N–H and O–H groups in total. The number of hydrogen-bond acceptors (Lipinski definition) is 6. The van der Waals surface area contributed by atoms with E-state index in [0.717, 1.165) is 12.1 Å². The Balaban J connectivity index is 2.25. The van der Waals surface area contributed by atoms with E-state index in [0.29, 0.717) is 13.0 Å². The summed E-state index contributed by atoms with van der Waals surface area (Å²) in [6.45, 7) is 7.19. The number of hydrogen-bond donors (Lipinski definition) is 1. The van der Waals surface area contributed by atoms with Gasteiger partial charge in [0.05, 0.1) is 11.0 Å². The van der Waals surface area contributed by atoms with Gasteiger partial charge in [-0.25, -0.2) is 9.18 Å². The number of carbonyl (C=O) groups is 2. The van der Waals surface area contributed by atoms with Crippen LogP contribution in [0.25, 0.3) is 0 Å². The van der Waals surface area contributed by atoms with Crippen LogP contribution in [-0.4, -0.2) is 41.5 Å². The number of nitro benzene ring substituents is 1. The average molecular weight is 381 g/mol. The van der Waals surface area contributed by atoms with Gasteiger partial charge in [0.15, 0.2) is 0 Å². The number of carbonyl (C=O) groups excluding carboxylic acids is 2. The highest BCUT2D eigenvalue weighted by Gasteiger charge is 2.33. The van der Waals surface area contributed by atoms with Gasteiger partial charge < -0.3 is 15.0 Å². The normalized spacial score (nSPS) is 16.9. The van der Waals surface area contributed by atoms with Crippen molar-refractivity contribution in [2.24, 2.45) is 0 Å². The SMILES string of the molecule is CC(=O)Cc1c(F)ccc([N+](=O)[O-])c1N1CC[C@@H](NC(=O)OC(C)(C)C)C1. The van der Waals surface area contributed by atoms with Crippen molar-refractivity contribution in [2.75, 3.05) is 18.0 Å². The molecule has 1 atom stereocenters. The summed E-state index contributed by atoms with van der Waals surface area (Å²) in [6.07, 6.45) is -0.289. The molecule has 1 heterocycles. The lowest BCUT2D eigenvalue weighted by molar-refractivity contribution is -0.384. The average Bonchev–Trinajstić information content (AvgIpc) is 2.94. The molecule has 1 saturated heterocycles. The van der Waals surface area contributed by atoms with Gasteiger partial charge in [0.2, 0.25) is 0 Å². The number of ketones is 1. The standard InChI is InChI=1S/C18H24FN3O5/c1-11(23)9-13-14(19)5-6-15(22(25)26)16(13)21-8-7-12(10-21)20-17(24)27-18(2,3)4/h5-6,12H,7-10H2,1-4H3,(H,20,24)/t12-/m1/s1. The molecule has 1 aromatic carbocycles. The summed E-state index contributed by atoms with van der Waals surface area (Å²) in [7, 11) is 0. The van der Waals surface area contributed by atoms with E-state index < -0.39 is 22.4 Å². The topological polar surface area (TPSA) is 102 Å². The molecule has 148 valence electrons. The summed E-state index contributed by atoms with van der Waals surface area (Å²) < 4.78 is 19.5. The number of benzene rings is 1. The number of nitrogens with zero attached hydrogens (tertiary/aromatic N) is 2. The number of ether oxygens (including phenoxy) is 1. The third-order valence-corrected chi connectivity index (χ3v) is 4.05. The van der Waals surface area contributed by atoms with E-state index in [1.54, 1.807) is 25.7 Å². The molecule has 1 amide bonds. The molecule has 1 aliphatic heterocycles. The lowest BCUT2D eigenvalue weighted by Crippen LogP contribution is -2.40. The minimum Gasteiger partial charge on any atom is -0.444 e. The molecule has 0 spiro atoms. The number of amides is 1. The Hall–Kier alpha value is -2.71. The van der Waals surface area contributed by atoms with Crippen LogP contribution in [0, 0.1) is 15.9 Å². The smallest absolute Gasteiger partial charge is 0.407 e. The van der Waals surface area contributed by atoms with Crippen LogP contribution in [0.5, 0.6) is 0 Å². The summed E-state index contributed by atoms with van der Waals surface area (Å²) in [5.41, 5.74) is -0.790. The van der Waals surface area contributed by atoms with Gasteiger partial charge in [-0.05, 0) is 40.2 Å². The quantitative estimate of drug-likeness (QED) is 0.621. The Morgan fingerprint density at radius 3 is 2.63 bits per heavy atom. The van der Waals surface area contributed by atoms with Crippen molar-refractivity contribution in [1.82, 2.24) is 5.32 Å². The first-order valence-corrected chi connectivity index (χ1v) is 8.67. The fraction of sp³-hybridized carbons (Fsp3) is 0.556. The first-order chi connectivity index (χ1) is 12.5. The Kier molecular flexibility index (Phi) is 6.02. The maximum atomic E-state index is 14.3. The van der Waals surface area contributed by atoms with Crippen LogP contribution in [0.4, 0.5) is 20.6 Å². The van der Waals surface area contributed by atoms with Crippen LogP contribution in [0.15, 0.2) is 12.1 Å². The van der Waals surface area contributed by atoms with Crippen molar-refractivity contribution in [3.63, 3.8) is 0 Å². The Morgan fingerprint density at radius 2 is 2.07 bits per heavy atom. The van der Waals surface area contributed by atoms with Crippen LogP contribution in [-0.2, 0) is 16.0 Å². The van der Waals surface area contributed by atoms with Crippen LogP contribution >= 0.6 is 0 Å². The number of rotatable bonds is 5. The second kappa shape index (κ2) is 7.89. The molecule has 0 aromatic heterocycles. The maximum absolute atomic E-state index is 14.3. The summed E-state index contributed by atoms with van der Waals surface area (Å²) >= 11 is 0. The zero-order chi connectivity index (χ0) is 20.4. The van der Waals surface area contributed by atoms with E-state index in [9.17, 15) is 24.1 Å². The van der Waals surface area contributed by atoms with Crippen molar-refractivity contribution >= 4 is 23.3 Å². The van der Waals surface area contributed by atoms with Gasteiger partial charge in [-0.1, -0.05) is 0 Å².